The van der Waals surface area contributed by atoms with E-state index in [1.165, 1.54) is 64.9 Å². The molecule has 6 aromatic rings. The molecule has 3 aliphatic rings. The first-order valence-electron chi connectivity index (χ1n) is 46.2. The van der Waals surface area contributed by atoms with E-state index in [2.05, 4.69) is 73.1 Å². The number of Topliss-reactive ketones (excluding diaryl/α,β-unsaturated/α-hetero) is 1. The first-order valence-corrected chi connectivity index (χ1v) is 47.3. The lowest BCUT2D eigenvalue weighted by Crippen LogP contribution is -2.61. The summed E-state index contributed by atoms with van der Waals surface area (Å²) < 4.78 is 0. The molecule has 3 fully saturated rings. The number of carbonyl (C=O) groups excluding carboxylic acids is 16. The van der Waals surface area contributed by atoms with Crippen LogP contribution in [0.3, 0.4) is 0 Å². The third-order valence-electron chi connectivity index (χ3n) is 25.0. The first-order chi connectivity index (χ1) is 65.2. The number of carboxylic acids is 1. The summed E-state index contributed by atoms with van der Waals surface area (Å²) in [6, 6.07) is -0.699. The molecule has 0 unspecified atom stereocenters. The zero-order chi connectivity index (χ0) is 100. The Morgan fingerprint density at radius 3 is 1.87 bits per heavy atom. The number of fused-ring (bicyclic) bond motifs is 4. The van der Waals surface area contributed by atoms with Crippen molar-refractivity contribution in [1.29, 1.82) is 5.41 Å². The summed E-state index contributed by atoms with van der Waals surface area (Å²) in [7, 11) is 3.89. The van der Waals surface area contributed by atoms with Gasteiger partial charge in [0.25, 0.3) is 0 Å². The summed E-state index contributed by atoms with van der Waals surface area (Å²) in [6.45, 7) is 7.64. The van der Waals surface area contributed by atoms with Crippen molar-refractivity contribution in [1.82, 2.24) is 97.6 Å². The van der Waals surface area contributed by atoms with E-state index < -0.39 is 247 Å². The lowest BCUT2D eigenvalue weighted by molar-refractivity contribution is -0.150. The molecule has 6 heterocycles. The highest BCUT2D eigenvalue weighted by Gasteiger charge is 2.47. The fraction of sp³-hybridized carbons (Fsp3) is 0.538. The number of ketones is 1. The van der Waals surface area contributed by atoms with Gasteiger partial charge in [0.15, 0.2) is 11.7 Å². The number of aliphatic hydroxyl groups excluding tert-OH is 2. The highest BCUT2D eigenvalue weighted by atomic mass is 32.2. The smallest absolute Gasteiger partial charge is 0.305 e. The lowest BCUT2D eigenvalue weighted by atomic mass is 9.89. The van der Waals surface area contributed by atoms with Gasteiger partial charge in [-0.3, -0.25) is 86.9 Å². The molecule has 16 atom stereocenters. The summed E-state index contributed by atoms with van der Waals surface area (Å²) in [6.07, 6.45) is 3.21. The Hall–Kier alpha value is -13.5. The number of aromatic nitrogens is 4. The molecule has 3 aliphatic heterocycles. The summed E-state index contributed by atoms with van der Waals surface area (Å²) in [5.74, 6) is -20.8. The molecular formula is C93H130N22O21S. The predicted molar refractivity (Wildman–Crippen MR) is 504 cm³/mol. The number of phenolic OH excluding ortho intramolecular Hbond substituents is 1. The summed E-state index contributed by atoms with van der Waals surface area (Å²) in [4.78, 5) is 270. The first kappa shape index (κ1) is 107. The number of rotatable bonds is 26. The number of hydrogen-bond donors (Lipinski definition) is 20. The lowest BCUT2D eigenvalue weighted by Gasteiger charge is -2.37. The number of carbonyl (C=O) groups is 17. The number of likely N-dealkylation sites (N-methyl/N-ethyl adjacent to an activating group) is 3. The molecule has 15 amide bonds. The summed E-state index contributed by atoms with van der Waals surface area (Å²) in [5, 5.41) is 78.9. The Kier molecular flexibility index (Phi) is 39.8. The maximum Gasteiger partial charge on any atom is 0.305 e. The molecule has 0 saturated carbocycles. The van der Waals surface area contributed by atoms with Crippen molar-refractivity contribution in [3.8, 4) is 5.75 Å². The van der Waals surface area contributed by atoms with Crippen LogP contribution >= 0.6 is 11.8 Å². The van der Waals surface area contributed by atoms with E-state index in [-0.39, 0.29) is 101 Å². The topological polar surface area (TPSA) is 644 Å². The Balaban J connectivity index is 1.11. The van der Waals surface area contributed by atoms with Crippen molar-refractivity contribution in [2.75, 3.05) is 65.4 Å². The minimum Gasteiger partial charge on any atom is -0.508 e. The van der Waals surface area contributed by atoms with Crippen LogP contribution in [0.1, 0.15) is 160 Å². The van der Waals surface area contributed by atoms with Gasteiger partial charge < -0.3 is 125 Å². The normalized spacial score (nSPS) is 24.9. The van der Waals surface area contributed by atoms with Crippen LogP contribution in [0, 0.1) is 17.2 Å². The van der Waals surface area contributed by atoms with Crippen molar-refractivity contribution in [2.45, 2.75) is 241 Å². The van der Waals surface area contributed by atoms with Crippen molar-refractivity contribution >= 4 is 140 Å². The van der Waals surface area contributed by atoms with E-state index in [4.69, 9.17) is 16.9 Å². The number of benzene rings is 3. The van der Waals surface area contributed by atoms with Crippen LogP contribution in [0.4, 0.5) is 0 Å². The fourth-order valence-electron chi connectivity index (χ4n) is 17.3. The second-order valence-corrected chi connectivity index (χ2v) is 36.7. The van der Waals surface area contributed by atoms with Gasteiger partial charge in [-0.1, -0.05) is 109 Å². The molecule has 744 valence electrons. The van der Waals surface area contributed by atoms with Gasteiger partial charge >= 0.3 is 5.97 Å². The number of hydrogen-bond acceptors (Lipinski definition) is 23. The number of primary amides is 1. The largest absolute Gasteiger partial charge is 0.508 e. The number of nitrogens with two attached hydrogens (primary N) is 2. The Morgan fingerprint density at radius 2 is 1.22 bits per heavy atom. The molecule has 0 spiro atoms. The van der Waals surface area contributed by atoms with E-state index >= 15 is 38.4 Å². The van der Waals surface area contributed by atoms with Crippen LogP contribution < -0.4 is 64.6 Å². The number of nitrogens with zero attached hydrogens (tertiary/aromatic N) is 6. The number of H-pyrrole nitrogens is 3. The summed E-state index contributed by atoms with van der Waals surface area (Å²) >= 11 is 0.752. The third-order valence-corrected chi connectivity index (χ3v) is 26.1. The molecule has 0 aliphatic carbocycles. The molecule has 3 aromatic carbocycles. The second kappa shape index (κ2) is 50.9. The molecule has 43 nitrogen and oxygen atoms in total. The van der Waals surface area contributed by atoms with E-state index in [0.29, 0.717) is 64.2 Å². The number of carboxylic acid groups (broad SMARTS) is 1. The van der Waals surface area contributed by atoms with Gasteiger partial charge in [-0.15, -0.1) is 11.8 Å². The van der Waals surface area contributed by atoms with E-state index in [1.807, 2.05) is 13.8 Å². The number of thioether (sulfide) groups is 1. The molecule has 3 aromatic heterocycles. The summed E-state index contributed by atoms with van der Waals surface area (Å²) in [5.41, 5.74) is 14.0. The van der Waals surface area contributed by atoms with Crippen LogP contribution in [0.25, 0.3) is 21.8 Å². The quantitative estimate of drug-likeness (QED) is 0.0182. The van der Waals surface area contributed by atoms with Gasteiger partial charge in [0.1, 0.15) is 78.3 Å². The predicted octanol–water partition coefficient (Wildman–Crippen LogP) is -0.678. The number of imidazole rings is 1. The van der Waals surface area contributed by atoms with Gasteiger partial charge in [-0.05, 0) is 105 Å². The van der Waals surface area contributed by atoms with Crippen LogP contribution in [-0.2, 0) is 101 Å². The molecule has 0 bridgehead atoms. The molecule has 137 heavy (non-hydrogen) atoms. The number of aliphatic carboxylic acids is 1. The number of aromatic hydroxyl groups is 1. The van der Waals surface area contributed by atoms with Gasteiger partial charge in [0.2, 0.25) is 88.6 Å². The number of aliphatic hydroxyl groups is 2. The Morgan fingerprint density at radius 1 is 0.606 bits per heavy atom. The number of para-hydroxylation sites is 2. The molecule has 22 N–H and O–H groups in total. The van der Waals surface area contributed by atoms with Crippen molar-refractivity contribution in [3.63, 3.8) is 0 Å². The highest BCUT2D eigenvalue weighted by molar-refractivity contribution is 8.00. The Labute approximate surface area is 796 Å². The number of unbranched alkanes of at least 4 members (excludes halogenated alkanes) is 2. The molecule has 44 heteroatoms. The fourth-order valence-corrected chi connectivity index (χ4v) is 18.2. The molecule has 3 saturated heterocycles. The zero-order valence-electron chi connectivity index (χ0n) is 78.5. The van der Waals surface area contributed by atoms with Crippen molar-refractivity contribution in [3.05, 3.63) is 120 Å². The van der Waals surface area contributed by atoms with Crippen molar-refractivity contribution < 1.29 is 102 Å². The van der Waals surface area contributed by atoms with Gasteiger partial charge in [-0.2, -0.15) is 0 Å². The maximum atomic E-state index is 16.0. The van der Waals surface area contributed by atoms with Crippen molar-refractivity contribution in [2.24, 2.45) is 23.3 Å². The molecule has 0 radical (unpaired) electrons. The molecule has 9 rings (SSSR count). The number of phenols is 1. The van der Waals surface area contributed by atoms with E-state index in [0.717, 1.165) is 36.3 Å². The average molecular weight is 1920 g/mol. The zero-order valence-corrected chi connectivity index (χ0v) is 79.3. The standard InChI is InChI=1S/C93H130N22O21S/c1-10-12-25-71-86(130)104-64(24-18-32-98-93(95)96)83(127)109-70(82(126)101-44-76(94)120)47-137-48-77(121)103-67(35-53-28-30-57(117)31-29-53)88(132)111(7)52(6)80(124)106-68(40-78(122)123)89(133)114-33-19-27-72(114)87(131)105-65(38-56-42-97-49-102-56)84(128)107-66(34-50(3)4)90(134)115-45-58(118)39-74(115)75(119)37-54(36-55-41-99-62-22-16-14-20-59(55)62)81(125)108-69(46-116)85(129)110-79(51(5)61-43-100-63-23-17-15-21-60(61)63)92(136)113(9)73(26-13-11-2)91(135)112(71)8/h14-17,20-23,28-31,41-43,49-52,54,58,64-74,79,99-100,116-118H,10-13,18-19,24-27,32-40,44-48H2,1-9H3,(H2,94,120)(H,97,102)(H,101,126)(H,103,121)(H,104,130)(H,105,131)(H,106,124)(H,107,128)(H,108,125)(H,109,127)(H,110,129)(H,122,123)(H4,95,96,98)/t51-,52-,54+,58+,64-,65-,66-,67-,68-,69-,70-,71-,72-,73-,74-,79-/m0/s1. The number of amides is 15. The van der Waals surface area contributed by atoms with Crippen LogP contribution in [-0.4, -0.2) is 321 Å². The van der Waals surface area contributed by atoms with E-state index in [1.54, 1.807) is 81.7 Å². The Bertz CT molecular complexity index is 5280. The van der Waals surface area contributed by atoms with Crippen LogP contribution in [0.15, 0.2) is 97.7 Å². The monoisotopic (exact) mass is 1920 g/mol. The number of aromatic amines is 3. The SMILES string of the molecule is CCCC[C@H]1C(=O)N(C)[C@@H](CCCC)C(=O)N[C@@H](CCCNC(=N)N)C(=O)N[C@H](C(=O)NCC(N)=O)CSCC(=O)N[C@@H](Cc2ccc(O)cc2)C(=O)N(C)[C@@H](C)C(=O)N[C@@H](CC(=O)O)C(=O)N2CCC[C@H]2C(=O)N[C@@H](Cc2c[nH]cn2)C(=O)N[C@@H](CC(C)C)C(=O)N2C[C@H](O)C[C@H]2C(=O)C[C@@H](Cc2c[nH]c3ccccc23)C(=O)N[C@@H](CO)C(=O)N[C@@H]([C@@H](C)c2c[nH]c3ccccc23)C(=O)N1C. The van der Waals surface area contributed by atoms with Crippen LogP contribution in [0.5, 0.6) is 5.75 Å². The number of nitrogens with one attached hydrogen (secondary N) is 14. The highest BCUT2D eigenvalue weighted by Crippen LogP contribution is 2.33. The van der Waals surface area contributed by atoms with Gasteiger partial charge in [-0.25, -0.2) is 4.98 Å². The average Bonchev–Trinajstić information content (AvgIpc) is 1.72. The minimum atomic E-state index is -1.91. The number of guanidine groups is 1. The maximum absolute atomic E-state index is 16.0. The third kappa shape index (κ3) is 29.5. The van der Waals surface area contributed by atoms with E-state index in [9.17, 15) is 63.6 Å². The van der Waals surface area contributed by atoms with Gasteiger partial charge in [0, 0.05) is 124 Å². The second-order valence-electron chi connectivity index (χ2n) is 35.6. The minimum absolute atomic E-state index is 0.0148. The van der Waals surface area contributed by atoms with Crippen LogP contribution in [0.2, 0.25) is 0 Å². The molecular weight excluding hydrogens is 1790 g/mol. The van der Waals surface area contributed by atoms with Gasteiger partial charge in [0.05, 0.1) is 49.5 Å².